The van der Waals surface area contributed by atoms with Gasteiger partial charge in [0.2, 0.25) is 5.91 Å². The summed E-state index contributed by atoms with van der Waals surface area (Å²) in [6, 6.07) is 7.42. The summed E-state index contributed by atoms with van der Waals surface area (Å²) in [5.74, 6) is 1.94. The van der Waals surface area contributed by atoms with Gasteiger partial charge in [0.05, 0.1) is 7.11 Å². The van der Waals surface area contributed by atoms with Gasteiger partial charge in [-0.25, -0.2) is 4.68 Å². The number of benzene rings is 1. The first-order valence-electron chi connectivity index (χ1n) is 8.26. The number of amides is 1. The van der Waals surface area contributed by atoms with Crippen molar-refractivity contribution in [2.24, 2.45) is 5.92 Å². The highest BCUT2D eigenvalue weighted by Crippen LogP contribution is 2.32. The Labute approximate surface area is 141 Å². The molecule has 7 heteroatoms. The molecule has 1 fully saturated rings. The van der Waals surface area contributed by atoms with Crippen LogP contribution in [0, 0.1) is 12.8 Å². The van der Waals surface area contributed by atoms with E-state index in [1.165, 1.54) is 12.8 Å². The summed E-state index contributed by atoms with van der Waals surface area (Å²) >= 11 is 0. The lowest BCUT2D eigenvalue weighted by molar-refractivity contribution is -0.125. The molecule has 0 aliphatic heterocycles. The molecule has 24 heavy (non-hydrogen) atoms. The summed E-state index contributed by atoms with van der Waals surface area (Å²) in [4.78, 5) is 12.8. The van der Waals surface area contributed by atoms with E-state index in [4.69, 9.17) is 4.74 Å². The van der Waals surface area contributed by atoms with E-state index in [1.54, 1.807) is 18.7 Å². The molecule has 2 aromatic rings. The number of carbonyl (C=O) groups is 1. The lowest BCUT2D eigenvalue weighted by atomic mass is 10.0. The van der Waals surface area contributed by atoms with Gasteiger partial charge in [-0.3, -0.25) is 4.79 Å². The molecular weight excluding hydrogens is 306 g/mol. The molecule has 0 bridgehead atoms. The third-order valence-electron chi connectivity index (χ3n) is 4.52. The highest BCUT2D eigenvalue weighted by molar-refractivity contribution is 5.81. The van der Waals surface area contributed by atoms with Gasteiger partial charge in [0.15, 0.2) is 0 Å². The number of rotatable bonds is 7. The number of tetrazole rings is 1. The van der Waals surface area contributed by atoms with E-state index in [-0.39, 0.29) is 11.9 Å². The number of aromatic nitrogens is 4. The van der Waals surface area contributed by atoms with Crippen molar-refractivity contribution in [3.63, 3.8) is 0 Å². The molecule has 1 aliphatic carbocycles. The van der Waals surface area contributed by atoms with Crippen LogP contribution in [0.15, 0.2) is 24.3 Å². The van der Waals surface area contributed by atoms with Gasteiger partial charge in [0, 0.05) is 12.5 Å². The van der Waals surface area contributed by atoms with Crippen molar-refractivity contribution < 1.29 is 9.53 Å². The van der Waals surface area contributed by atoms with Gasteiger partial charge in [0.1, 0.15) is 17.6 Å². The second-order valence-corrected chi connectivity index (χ2v) is 6.38. The Hall–Kier alpha value is -2.44. The first-order chi connectivity index (χ1) is 11.6. The van der Waals surface area contributed by atoms with Crippen LogP contribution in [-0.2, 0) is 11.2 Å². The van der Waals surface area contributed by atoms with Gasteiger partial charge in [-0.05, 0) is 60.7 Å². The van der Waals surface area contributed by atoms with Crippen molar-refractivity contribution in [1.82, 2.24) is 25.5 Å². The zero-order valence-corrected chi connectivity index (χ0v) is 14.3. The van der Waals surface area contributed by atoms with Crippen molar-refractivity contribution >= 4 is 5.91 Å². The zero-order valence-electron chi connectivity index (χ0n) is 14.3. The van der Waals surface area contributed by atoms with E-state index in [1.807, 2.05) is 24.3 Å². The van der Waals surface area contributed by atoms with Crippen LogP contribution < -0.4 is 10.1 Å². The summed E-state index contributed by atoms with van der Waals surface area (Å²) in [7, 11) is 1.63. The average molecular weight is 329 g/mol. The van der Waals surface area contributed by atoms with Crippen LogP contribution in [0.1, 0.15) is 37.2 Å². The number of hydrogen-bond acceptors (Lipinski definition) is 5. The molecule has 1 aliphatic rings. The highest BCUT2D eigenvalue weighted by atomic mass is 16.5. The fourth-order valence-electron chi connectivity index (χ4n) is 2.87. The molecular formula is C17H23N5O2. The minimum atomic E-state index is -0.478. The van der Waals surface area contributed by atoms with E-state index in [0.717, 1.165) is 11.3 Å². The van der Waals surface area contributed by atoms with Crippen molar-refractivity contribution in [3.8, 4) is 5.75 Å². The maximum atomic E-state index is 12.8. The monoisotopic (exact) mass is 329 g/mol. The highest BCUT2D eigenvalue weighted by Gasteiger charge is 2.32. The number of ether oxygens (including phenoxy) is 1. The molecule has 2 atom stereocenters. The summed E-state index contributed by atoms with van der Waals surface area (Å²) in [6.45, 7) is 3.86. The number of carbonyl (C=O) groups excluding carboxylic acids is 1. The summed E-state index contributed by atoms with van der Waals surface area (Å²) in [5, 5.41) is 14.7. The maximum absolute atomic E-state index is 12.8. The standard InChI is InChI=1S/C17H23N5O2/c1-11(14-7-8-14)18-17(23)16(22-12(2)19-20-21-22)10-13-5-4-6-15(9-13)24-3/h4-6,9,11,14,16H,7-8,10H2,1-3H3,(H,18,23)/t11-,16+/m1/s1. The Bertz CT molecular complexity index is 711. The minimum absolute atomic E-state index is 0.0485. The Kier molecular flexibility index (Phi) is 4.78. The molecule has 1 N–H and O–H groups in total. The van der Waals surface area contributed by atoms with Gasteiger partial charge in [-0.1, -0.05) is 12.1 Å². The van der Waals surface area contributed by atoms with Gasteiger partial charge >= 0.3 is 0 Å². The Morgan fingerprint density at radius 3 is 2.88 bits per heavy atom. The number of hydrogen-bond donors (Lipinski definition) is 1. The SMILES string of the molecule is COc1cccc(C[C@@H](C(=O)N[C@H](C)C2CC2)n2nnnc2C)c1. The van der Waals surface area contributed by atoms with Crippen LogP contribution in [0.25, 0.3) is 0 Å². The molecule has 1 saturated carbocycles. The normalized spacial score (nSPS) is 16.5. The molecule has 1 aromatic heterocycles. The minimum Gasteiger partial charge on any atom is -0.497 e. The predicted molar refractivity (Wildman–Crippen MR) is 88.6 cm³/mol. The van der Waals surface area contributed by atoms with E-state index in [0.29, 0.717) is 18.2 Å². The molecule has 1 amide bonds. The van der Waals surface area contributed by atoms with Crippen molar-refractivity contribution in [2.75, 3.05) is 7.11 Å². The Balaban J connectivity index is 1.81. The third kappa shape index (κ3) is 3.72. The van der Waals surface area contributed by atoms with E-state index in [2.05, 4.69) is 27.8 Å². The number of nitrogens with one attached hydrogen (secondary N) is 1. The molecule has 3 rings (SSSR count). The summed E-state index contributed by atoms with van der Waals surface area (Å²) in [6.07, 6.45) is 2.88. The van der Waals surface area contributed by atoms with Crippen molar-refractivity contribution in [3.05, 3.63) is 35.7 Å². The van der Waals surface area contributed by atoms with Crippen molar-refractivity contribution in [1.29, 1.82) is 0 Å². The van der Waals surface area contributed by atoms with Crippen molar-refractivity contribution in [2.45, 2.75) is 45.2 Å². The first-order valence-corrected chi connectivity index (χ1v) is 8.26. The van der Waals surface area contributed by atoms with Gasteiger partial charge in [-0.15, -0.1) is 5.10 Å². The lowest BCUT2D eigenvalue weighted by Gasteiger charge is -2.21. The van der Waals surface area contributed by atoms with E-state index < -0.39 is 6.04 Å². The fourth-order valence-corrected chi connectivity index (χ4v) is 2.87. The third-order valence-corrected chi connectivity index (χ3v) is 4.52. The summed E-state index contributed by atoms with van der Waals surface area (Å²) in [5.41, 5.74) is 1.00. The van der Waals surface area contributed by atoms with Crippen LogP contribution in [0.2, 0.25) is 0 Å². The second-order valence-electron chi connectivity index (χ2n) is 6.38. The lowest BCUT2D eigenvalue weighted by Crippen LogP contribution is -2.40. The number of aryl methyl sites for hydroxylation is 1. The average Bonchev–Trinajstić information content (AvgIpc) is 3.35. The fraction of sp³-hybridized carbons (Fsp3) is 0.529. The van der Waals surface area contributed by atoms with E-state index >= 15 is 0 Å². The smallest absolute Gasteiger partial charge is 0.245 e. The van der Waals surface area contributed by atoms with Crippen LogP contribution in [-0.4, -0.2) is 39.3 Å². The number of methoxy groups -OCH3 is 1. The molecule has 1 heterocycles. The number of nitrogens with zero attached hydrogens (tertiary/aromatic N) is 4. The van der Waals surface area contributed by atoms with Crippen LogP contribution in [0.4, 0.5) is 0 Å². The molecule has 0 radical (unpaired) electrons. The maximum Gasteiger partial charge on any atom is 0.245 e. The Morgan fingerprint density at radius 1 is 1.46 bits per heavy atom. The second kappa shape index (κ2) is 6.98. The molecule has 128 valence electrons. The van der Waals surface area contributed by atoms with E-state index in [9.17, 15) is 4.79 Å². The Morgan fingerprint density at radius 2 is 2.25 bits per heavy atom. The first kappa shape index (κ1) is 16.4. The zero-order chi connectivity index (χ0) is 17.1. The van der Waals surface area contributed by atoms with Gasteiger partial charge in [-0.2, -0.15) is 0 Å². The van der Waals surface area contributed by atoms with Crippen LogP contribution in [0.5, 0.6) is 5.75 Å². The van der Waals surface area contributed by atoms with Gasteiger partial charge in [0.25, 0.3) is 0 Å². The topological polar surface area (TPSA) is 81.9 Å². The van der Waals surface area contributed by atoms with Gasteiger partial charge < -0.3 is 10.1 Å². The van der Waals surface area contributed by atoms with Crippen LogP contribution in [0.3, 0.4) is 0 Å². The quantitative estimate of drug-likeness (QED) is 0.836. The summed E-state index contributed by atoms with van der Waals surface area (Å²) < 4.78 is 6.86. The molecule has 0 saturated heterocycles. The molecule has 0 unspecified atom stereocenters. The molecule has 7 nitrogen and oxygen atoms in total. The molecule has 0 spiro atoms. The van der Waals surface area contributed by atoms with Crippen LogP contribution >= 0.6 is 0 Å². The molecule has 1 aromatic carbocycles. The largest absolute Gasteiger partial charge is 0.497 e. The predicted octanol–water partition coefficient (Wildman–Crippen LogP) is 1.69.